The summed E-state index contributed by atoms with van der Waals surface area (Å²) >= 11 is 0. The second-order valence-electron chi connectivity index (χ2n) is 5.71. The van der Waals surface area contributed by atoms with Crippen molar-refractivity contribution in [3.63, 3.8) is 0 Å². The van der Waals surface area contributed by atoms with Crippen LogP contribution in [-0.4, -0.2) is 56.0 Å². The maximum Gasteiger partial charge on any atom is 0.151 e. The normalized spacial score (nSPS) is 42.2. The summed E-state index contributed by atoms with van der Waals surface area (Å²) in [5.74, 6) is 0.801. The van der Waals surface area contributed by atoms with Crippen LogP contribution in [0.3, 0.4) is 0 Å². The van der Waals surface area contributed by atoms with E-state index in [9.17, 15) is 8.42 Å². The molecule has 98 valence electrons. The van der Waals surface area contributed by atoms with Crippen LogP contribution >= 0.6 is 0 Å². The van der Waals surface area contributed by atoms with Crippen molar-refractivity contribution >= 4 is 9.84 Å². The SMILES string of the molecule is O=S1(=O)CCC(N2CCCC2C2CCCN2)C1. The molecule has 0 radical (unpaired) electrons. The van der Waals surface area contributed by atoms with Crippen LogP contribution in [-0.2, 0) is 9.84 Å². The molecule has 3 aliphatic heterocycles. The molecule has 0 aromatic rings. The lowest BCUT2D eigenvalue weighted by molar-refractivity contribution is 0.166. The van der Waals surface area contributed by atoms with Gasteiger partial charge in [-0.05, 0) is 45.2 Å². The predicted molar refractivity (Wildman–Crippen MR) is 67.8 cm³/mol. The van der Waals surface area contributed by atoms with Crippen LogP contribution in [0.2, 0.25) is 0 Å². The molecule has 3 unspecified atom stereocenters. The first-order valence-electron chi connectivity index (χ1n) is 6.85. The minimum atomic E-state index is -2.74. The van der Waals surface area contributed by atoms with Gasteiger partial charge in [-0.25, -0.2) is 8.42 Å². The van der Waals surface area contributed by atoms with Gasteiger partial charge in [-0.2, -0.15) is 0 Å². The van der Waals surface area contributed by atoms with Crippen molar-refractivity contribution in [2.75, 3.05) is 24.6 Å². The average molecular weight is 258 g/mol. The molecule has 5 heteroatoms. The number of hydrogen-bond donors (Lipinski definition) is 1. The summed E-state index contributed by atoms with van der Waals surface area (Å²) in [6.07, 6.45) is 5.87. The molecular formula is C12H22N2O2S. The Balaban J connectivity index is 1.69. The molecule has 3 aliphatic rings. The first-order chi connectivity index (χ1) is 8.16. The molecule has 1 N–H and O–H groups in total. The fourth-order valence-corrected chi connectivity index (χ4v) is 5.52. The Morgan fingerprint density at radius 3 is 2.65 bits per heavy atom. The van der Waals surface area contributed by atoms with Crippen LogP contribution in [0.15, 0.2) is 0 Å². The second-order valence-corrected chi connectivity index (χ2v) is 7.94. The highest BCUT2D eigenvalue weighted by Crippen LogP contribution is 2.30. The number of sulfone groups is 1. The number of nitrogens with one attached hydrogen (secondary N) is 1. The first kappa shape index (κ1) is 11.9. The summed E-state index contributed by atoms with van der Waals surface area (Å²) in [4.78, 5) is 2.49. The largest absolute Gasteiger partial charge is 0.312 e. The average Bonchev–Trinajstić information content (AvgIpc) is 2.93. The van der Waals surface area contributed by atoms with Gasteiger partial charge in [0.25, 0.3) is 0 Å². The third-order valence-corrected chi connectivity index (χ3v) is 6.33. The summed E-state index contributed by atoms with van der Waals surface area (Å²) in [7, 11) is -2.74. The van der Waals surface area contributed by atoms with E-state index in [2.05, 4.69) is 10.2 Å². The molecule has 3 heterocycles. The number of hydrogen-bond acceptors (Lipinski definition) is 4. The fourth-order valence-electron chi connectivity index (χ4n) is 3.78. The molecule has 0 aromatic heterocycles. The van der Waals surface area contributed by atoms with Gasteiger partial charge in [0.1, 0.15) is 0 Å². The maximum atomic E-state index is 11.6. The number of likely N-dealkylation sites (tertiary alicyclic amines) is 1. The monoisotopic (exact) mass is 258 g/mol. The summed E-state index contributed by atoms with van der Waals surface area (Å²) < 4.78 is 23.2. The molecule has 3 fully saturated rings. The Labute approximate surface area is 104 Å². The third kappa shape index (κ3) is 2.37. The summed E-state index contributed by atoms with van der Waals surface area (Å²) in [6, 6.07) is 1.51. The van der Waals surface area contributed by atoms with Gasteiger partial charge < -0.3 is 5.32 Å². The minimum Gasteiger partial charge on any atom is -0.312 e. The van der Waals surface area contributed by atoms with E-state index in [0.717, 1.165) is 19.5 Å². The van der Waals surface area contributed by atoms with Crippen LogP contribution in [0.4, 0.5) is 0 Å². The van der Waals surface area contributed by atoms with Crippen LogP contribution in [0.1, 0.15) is 32.1 Å². The molecule has 0 amide bonds. The van der Waals surface area contributed by atoms with E-state index in [4.69, 9.17) is 0 Å². The lowest BCUT2D eigenvalue weighted by atomic mass is 10.0. The highest BCUT2D eigenvalue weighted by Gasteiger charge is 2.40. The molecular weight excluding hydrogens is 236 g/mol. The Morgan fingerprint density at radius 1 is 1.12 bits per heavy atom. The number of nitrogens with zero attached hydrogens (tertiary/aromatic N) is 1. The molecule has 3 rings (SSSR count). The zero-order valence-corrected chi connectivity index (χ0v) is 11.1. The first-order valence-corrected chi connectivity index (χ1v) is 8.67. The highest BCUT2D eigenvalue weighted by atomic mass is 32.2. The van der Waals surface area contributed by atoms with E-state index in [1.807, 2.05) is 0 Å². The van der Waals surface area contributed by atoms with Gasteiger partial charge in [0.15, 0.2) is 9.84 Å². The summed E-state index contributed by atoms with van der Waals surface area (Å²) in [5.41, 5.74) is 0. The van der Waals surface area contributed by atoms with Crippen LogP contribution in [0.5, 0.6) is 0 Å². The van der Waals surface area contributed by atoms with Gasteiger partial charge in [0.2, 0.25) is 0 Å². The molecule has 0 spiro atoms. The molecule has 0 aromatic carbocycles. The van der Waals surface area contributed by atoms with E-state index in [1.165, 1.54) is 25.7 Å². The Hall–Kier alpha value is -0.130. The molecule has 0 aliphatic carbocycles. The molecule has 0 saturated carbocycles. The Morgan fingerprint density at radius 2 is 2.00 bits per heavy atom. The molecule has 17 heavy (non-hydrogen) atoms. The molecule has 3 atom stereocenters. The van der Waals surface area contributed by atoms with E-state index < -0.39 is 9.84 Å². The van der Waals surface area contributed by atoms with Crippen LogP contribution in [0, 0.1) is 0 Å². The van der Waals surface area contributed by atoms with Gasteiger partial charge in [-0.3, -0.25) is 4.90 Å². The zero-order chi connectivity index (χ0) is 11.9. The van der Waals surface area contributed by atoms with Crippen molar-refractivity contribution in [1.82, 2.24) is 10.2 Å². The van der Waals surface area contributed by atoms with E-state index in [-0.39, 0.29) is 0 Å². The lowest BCUT2D eigenvalue weighted by Crippen LogP contribution is -2.48. The quantitative estimate of drug-likeness (QED) is 0.778. The third-order valence-electron chi connectivity index (χ3n) is 4.58. The standard InChI is InChI=1S/C12H22N2O2S/c15-17(16)8-5-10(9-17)14-7-2-4-12(14)11-3-1-6-13-11/h10-13H,1-9H2. The van der Waals surface area contributed by atoms with Gasteiger partial charge in [0.05, 0.1) is 11.5 Å². The van der Waals surface area contributed by atoms with Crippen LogP contribution < -0.4 is 5.32 Å². The van der Waals surface area contributed by atoms with Crippen molar-refractivity contribution in [2.24, 2.45) is 0 Å². The number of rotatable bonds is 2. The molecule has 3 saturated heterocycles. The fraction of sp³-hybridized carbons (Fsp3) is 1.00. The van der Waals surface area contributed by atoms with Crippen LogP contribution in [0.25, 0.3) is 0 Å². The topological polar surface area (TPSA) is 49.4 Å². The van der Waals surface area contributed by atoms with Crippen molar-refractivity contribution < 1.29 is 8.42 Å². The lowest BCUT2D eigenvalue weighted by Gasteiger charge is -2.33. The minimum absolute atomic E-state index is 0.301. The Kier molecular flexibility index (Phi) is 3.17. The van der Waals surface area contributed by atoms with Crippen molar-refractivity contribution in [3.05, 3.63) is 0 Å². The molecule has 0 bridgehead atoms. The second kappa shape index (κ2) is 4.52. The van der Waals surface area contributed by atoms with Crippen molar-refractivity contribution in [3.8, 4) is 0 Å². The smallest absolute Gasteiger partial charge is 0.151 e. The Bertz CT molecular complexity index is 376. The van der Waals surface area contributed by atoms with E-state index in [0.29, 0.717) is 29.6 Å². The predicted octanol–water partition coefficient (Wildman–Crippen LogP) is 0.390. The van der Waals surface area contributed by atoms with Crippen molar-refractivity contribution in [2.45, 2.75) is 50.2 Å². The van der Waals surface area contributed by atoms with Gasteiger partial charge in [0, 0.05) is 18.1 Å². The summed E-state index contributed by atoms with van der Waals surface area (Å²) in [6.45, 7) is 2.24. The van der Waals surface area contributed by atoms with E-state index >= 15 is 0 Å². The van der Waals surface area contributed by atoms with Gasteiger partial charge in [-0.15, -0.1) is 0 Å². The maximum absolute atomic E-state index is 11.6. The van der Waals surface area contributed by atoms with Gasteiger partial charge >= 0.3 is 0 Å². The zero-order valence-electron chi connectivity index (χ0n) is 10.3. The van der Waals surface area contributed by atoms with Crippen molar-refractivity contribution in [1.29, 1.82) is 0 Å². The van der Waals surface area contributed by atoms with E-state index in [1.54, 1.807) is 0 Å². The van der Waals surface area contributed by atoms with Gasteiger partial charge in [-0.1, -0.05) is 0 Å². The highest BCUT2D eigenvalue weighted by molar-refractivity contribution is 7.91. The molecule has 4 nitrogen and oxygen atoms in total. The summed E-state index contributed by atoms with van der Waals surface area (Å²) in [5, 5.41) is 3.58.